The number of para-hydroxylation sites is 1. The summed E-state index contributed by atoms with van der Waals surface area (Å²) < 4.78 is 0. The molecule has 2 amide bonds. The highest BCUT2D eigenvalue weighted by Gasteiger charge is 2.23. The van der Waals surface area contributed by atoms with Crippen molar-refractivity contribution in [3.63, 3.8) is 0 Å². The second-order valence-corrected chi connectivity index (χ2v) is 6.49. The molecule has 2 aromatic heterocycles. The van der Waals surface area contributed by atoms with Gasteiger partial charge in [0.25, 0.3) is 5.91 Å². The Balaban J connectivity index is 1.83. The number of benzene rings is 1. The van der Waals surface area contributed by atoms with Crippen LogP contribution in [0.1, 0.15) is 29.8 Å². The molecule has 3 rings (SSSR count). The first-order chi connectivity index (χ1) is 12.5. The summed E-state index contributed by atoms with van der Waals surface area (Å²) >= 11 is 0. The van der Waals surface area contributed by atoms with Crippen LogP contribution in [0.4, 0.5) is 0 Å². The van der Waals surface area contributed by atoms with Crippen LogP contribution in [0.5, 0.6) is 0 Å². The third kappa shape index (κ3) is 4.08. The number of carbonyl (C=O) groups is 2. The maximum atomic E-state index is 12.6. The van der Waals surface area contributed by atoms with Gasteiger partial charge in [0.15, 0.2) is 0 Å². The molecule has 134 valence electrons. The summed E-state index contributed by atoms with van der Waals surface area (Å²) in [6.45, 7) is 3.79. The molecule has 0 saturated heterocycles. The van der Waals surface area contributed by atoms with Crippen LogP contribution in [0.3, 0.4) is 0 Å². The van der Waals surface area contributed by atoms with Crippen LogP contribution < -0.4 is 10.6 Å². The minimum Gasteiger partial charge on any atom is -0.361 e. The van der Waals surface area contributed by atoms with Crippen molar-refractivity contribution in [3.05, 3.63) is 66.1 Å². The predicted molar refractivity (Wildman–Crippen MR) is 101 cm³/mol. The van der Waals surface area contributed by atoms with E-state index in [4.69, 9.17) is 0 Å². The standard InChI is InChI=1S/C20H22N4O2/c1-13(2)23-20(26)18(24-19(25)14-7-9-21-10-8-14)11-15-12-22-17-6-4-3-5-16(15)17/h3-10,12-13,18,22H,11H2,1-2H3,(H,23,26)(H,24,25)/t18-/m0/s1. The lowest BCUT2D eigenvalue weighted by molar-refractivity contribution is -0.123. The van der Waals surface area contributed by atoms with Crippen LogP contribution in [-0.2, 0) is 11.2 Å². The molecule has 2 heterocycles. The Kier molecular flexibility index (Phi) is 5.31. The molecular weight excluding hydrogens is 328 g/mol. The summed E-state index contributed by atoms with van der Waals surface area (Å²) in [6, 6.07) is 10.5. The summed E-state index contributed by atoms with van der Waals surface area (Å²) in [7, 11) is 0. The molecule has 0 aliphatic carbocycles. The first-order valence-electron chi connectivity index (χ1n) is 8.61. The number of nitrogens with zero attached hydrogens (tertiary/aromatic N) is 1. The molecule has 0 radical (unpaired) electrons. The molecule has 3 aromatic rings. The van der Waals surface area contributed by atoms with Crippen LogP contribution in [-0.4, -0.2) is 33.9 Å². The average Bonchev–Trinajstić information content (AvgIpc) is 3.04. The largest absolute Gasteiger partial charge is 0.361 e. The van der Waals surface area contributed by atoms with Crippen molar-refractivity contribution < 1.29 is 9.59 Å². The number of amides is 2. The second kappa shape index (κ2) is 7.82. The zero-order valence-corrected chi connectivity index (χ0v) is 14.8. The molecule has 0 unspecified atom stereocenters. The monoisotopic (exact) mass is 350 g/mol. The maximum absolute atomic E-state index is 12.6. The van der Waals surface area contributed by atoms with Gasteiger partial charge in [-0.05, 0) is 37.6 Å². The molecule has 0 aliphatic heterocycles. The normalized spacial score (nSPS) is 12.1. The highest BCUT2D eigenvalue weighted by Crippen LogP contribution is 2.19. The van der Waals surface area contributed by atoms with Crippen molar-refractivity contribution in [2.75, 3.05) is 0 Å². The van der Waals surface area contributed by atoms with E-state index in [1.807, 2.05) is 44.3 Å². The Morgan fingerprint density at radius 2 is 1.81 bits per heavy atom. The van der Waals surface area contributed by atoms with E-state index < -0.39 is 6.04 Å². The van der Waals surface area contributed by atoms with Gasteiger partial charge in [0.1, 0.15) is 6.04 Å². The molecule has 3 N–H and O–H groups in total. The Bertz CT molecular complexity index is 902. The summed E-state index contributed by atoms with van der Waals surface area (Å²) in [6.07, 6.45) is 5.40. The van der Waals surface area contributed by atoms with E-state index in [0.29, 0.717) is 12.0 Å². The van der Waals surface area contributed by atoms with Crippen molar-refractivity contribution in [3.8, 4) is 0 Å². The van der Waals surface area contributed by atoms with Gasteiger partial charge in [-0.1, -0.05) is 18.2 Å². The van der Waals surface area contributed by atoms with Crippen molar-refractivity contribution in [2.24, 2.45) is 0 Å². The van der Waals surface area contributed by atoms with Gasteiger partial charge < -0.3 is 15.6 Å². The molecule has 0 saturated carbocycles. The molecule has 0 fully saturated rings. The number of hydrogen-bond donors (Lipinski definition) is 3. The van der Waals surface area contributed by atoms with Crippen LogP contribution in [0.15, 0.2) is 55.0 Å². The highest BCUT2D eigenvalue weighted by atomic mass is 16.2. The number of nitrogens with one attached hydrogen (secondary N) is 3. The summed E-state index contributed by atoms with van der Waals surface area (Å²) in [5.74, 6) is -0.496. The molecule has 0 spiro atoms. The van der Waals surface area contributed by atoms with E-state index in [2.05, 4.69) is 20.6 Å². The van der Waals surface area contributed by atoms with E-state index >= 15 is 0 Å². The van der Waals surface area contributed by atoms with Crippen molar-refractivity contribution in [1.29, 1.82) is 0 Å². The van der Waals surface area contributed by atoms with E-state index in [-0.39, 0.29) is 17.9 Å². The van der Waals surface area contributed by atoms with E-state index in [9.17, 15) is 9.59 Å². The zero-order chi connectivity index (χ0) is 18.5. The number of rotatable bonds is 6. The number of H-pyrrole nitrogens is 1. The van der Waals surface area contributed by atoms with Crippen molar-refractivity contribution >= 4 is 22.7 Å². The molecule has 1 atom stereocenters. The van der Waals surface area contributed by atoms with Crippen LogP contribution in [0, 0.1) is 0 Å². The Hall–Kier alpha value is -3.15. The minimum atomic E-state index is -0.669. The quantitative estimate of drug-likeness (QED) is 0.638. The molecule has 1 aromatic carbocycles. The average molecular weight is 350 g/mol. The third-order valence-electron chi connectivity index (χ3n) is 4.09. The lowest BCUT2D eigenvalue weighted by atomic mass is 10.0. The molecular formula is C20H22N4O2. The van der Waals surface area contributed by atoms with E-state index in [1.165, 1.54) is 0 Å². The second-order valence-electron chi connectivity index (χ2n) is 6.49. The smallest absolute Gasteiger partial charge is 0.252 e. The number of aromatic amines is 1. The Morgan fingerprint density at radius 1 is 1.08 bits per heavy atom. The van der Waals surface area contributed by atoms with Crippen LogP contribution in [0.25, 0.3) is 10.9 Å². The van der Waals surface area contributed by atoms with Gasteiger partial charge in [-0.2, -0.15) is 0 Å². The minimum absolute atomic E-state index is 0.00852. The number of pyridine rings is 1. The van der Waals surface area contributed by atoms with Crippen LogP contribution in [0.2, 0.25) is 0 Å². The fraction of sp³-hybridized carbons (Fsp3) is 0.250. The van der Waals surface area contributed by atoms with Crippen LogP contribution >= 0.6 is 0 Å². The SMILES string of the molecule is CC(C)NC(=O)[C@H](Cc1c[nH]c2ccccc12)NC(=O)c1ccncc1. The fourth-order valence-corrected chi connectivity index (χ4v) is 2.86. The Morgan fingerprint density at radius 3 is 2.54 bits per heavy atom. The zero-order valence-electron chi connectivity index (χ0n) is 14.8. The summed E-state index contributed by atoms with van der Waals surface area (Å²) in [5, 5.41) is 6.78. The summed E-state index contributed by atoms with van der Waals surface area (Å²) in [5.41, 5.74) is 2.46. The fourth-order valence-electron chi connectivity index (χ4n) is 2.86. The van der Waals surface area contributed by atoms with Gasteiger partial charge in [0.05, 0.1) is 0 Å². The van der Waals surface area contributed by atoms with E-state index in [0.717, 1.165) is 16.5 Å². The number of hydrogen-bond acceptors (Lipinski definition) is 3. The van der Waals surface area contributed by atoms with Gasteiger partial charge in [0, 0.05) is 47.5 Å². The van der Waals surface area contributed by atoms with Gasteiger partial charge in [-0.3, -0.25) is 14.6 Å². The van der Waals surface area contributed by atoms with E-state index in [1.54, 1.807) is 24.5 Å². The molecule has 6 heteroatoms. The predicted octanol–water partition coefficient (Wildman–Crippen LogP) is 2.43. The number of aromatic nitrogens is 2. The van der Waals surface area contributed by atoms with Gasteiger partial charge >= 0.3 is 0 Å². The molecule has 26 heavy (non-hydrogen) atoms. The topological polar surface area (TPSA) is 86.9 Å². The maximum Gasteiger partial charge on any atom is 0.252 e. The van der Waals surface area contributed by atoms with Crippen molar-refractivity contribution in [2.45, 2.75) is 32.4 Å². The van der Waals surface area contributed by atoms with Gasteiger partial charge in [-0.15, -0.1) is 0 Å². The molecule has 6 nitrogen and oxygen atoms in total. The lowest BCUT2D eigenvalue weighted by Gasteiger charge is -2.20. The highest BCUT2D eigenvalue weighted by molar-refractivity contribution is 5.97. The first-order valence-corrected chi connectivity index (χ1v) is 8.61. The molecule has 0 aliphatic rings. The molecule has 0 bridgehead atoms. The summed E-state index contributed by atoms with van der Waals surface area (Å²) in [4.78, 5) is 32.3. The number of carbonyl (C=O) groups excluding carboxylic acids is 2. The Labute approximate surface area is 152 Å². The number of fused-ring (bicyclic) bond motifs is 1. The first kappa shape index (κ1) is 17.7. The third-order valence-corrected chi connectivity index (χ3v) is 4.09. The van der Waals surface area contributed by atoms with Crippen molar-refractivity contribution in [1.82, 2.24) is 20.6 Å². The van der Waals surface area contributed by atoms with Gasteiger partial charge in [0.2, 0.25) is 5.91 Å². The van der Waals surface area contributed by atoms with Gasteiger partial charge in [-0.25, -0.2) is 0 Å². The lowest BCUT2D eigenvalue weighted by Crippen LogP contribution is -2.49.